The van der Waals surface area contributed by atoms with E-state index in [4.69, 9.17) is 0 Å². The zero-order valence-electron chi connectivity index (χ0n) is 18.4. The average Bonchev–Trinajstić information content (AvgIpc) is 3.26. The van der Waals surface area contributed by atoms with Gasteiger partial charge in [-0.1, -0.05) is 104 Å². The van der Waals surface area contributed by atoms with Crippen molar-refractivity contribution in [3.8, 4) is 0 Å². The third-order valence-electron chi connectivity index (χ3n) is 4.55. The molecular formula is C26H29I2N2PPd. The van der Waals surface area contributed by atoms with Gasteiger partial charge in [-0.05, 0) is 30.3 Å². The Bertz CT molecular complexity index is 788. The number of hydrogen-bond donors (Lipinski definition) is 0. The van der Waals surface area contributed by atoms with Crippen molar-refractivity contribution in [3.63, 3.8) is 0 Å². The van der Waals surface area contributed by atoms with E-state index in [9.17, 15) is 0 Å². The van der Waals surface area contributed by atoms with Crippen molar-refractivity contribution in [2.45, 2.75) is 19.8 Å². The van der Waals surface area contributed by atoms with Crippen molar-refractivity contribution in [3.05, 3.63) is 110 Å². The first-order valence-corrected chi connectivity index (χ1v) is 21.0. The molecule has 1 aliphatic rings. The summed E-state index contributed by atoms with van der Waals surface area (Å²) in [6, 6.07) is 32.3. The largest absolute Gasteiger partial charge is 0.0622 e. The summed E-state index contributed by atoms with van der Waals surface area (Å²) in [6.45, 7) is 6.44. The second-order valence-electron chi connectivity index (χ2n) is 6.94. The predicted molar refractivity (Wildman–Crippen MR) is 155 cm³/mol. The van der Waals surface area contributed by atoms with Crippen LogP contribution in [0.2, 0.25) is 0 Å². The number of halogens is 2. The Morgan fingerprint density at radius 3 is 1.47 bits per heavy atom. The molecule has 0 aliphatic carbocycles. The summed E-state index contributed by atoms with van der Waals surface area (Å²) in [7, 11) is 2.43. The number of nitrogens with zero attached hydrogens (tertiary/aromatic N) is 2. The molecule has 0 fully saturated rings. The molecule has 6 heteroatoms. The van der Waals surface area contributed by atoms with E-state index >= 15 is 0 Å². The maximum atomic E-state index is 3.14. The van der Waals surface area contributed by atoms with Gasteiger partial charge in [-0.15, -0.1) is 0 Å². The van der Waals surface area contributed by atoms with Crippen LogP contribution in [0.3, 0.4) is 0 Å². The van der Waals surface area contributed by atoms with Crippen molar-refractivity contribution in [1.29, 1.82) is 0 Å². The Morgan fingerprint density at radius 2 is 1.16 bits per heavy atom. The first kappa shape index (κ1) is 27.8. The van der Waals surface area contributed by atoms with Crippen molar-refractivity contribution in [2.24, 2.45) is 0 Å². The van der Waals surface area contributed by atoms with Gasteiger partial charge in [0, 0.05) is 26.0 Å². The number of unbranched alkanes of at least 4 members (excludes halogenated alkanes) is 1. The molecule has 0 unspecified atom stereocenters. The molecule has 1 heterocycles. The Morgan fingerprint density at radius 1 is 0.750 bits per heavy atom. The fraction of sp³-hybridized carbons (Fsp3) is 0.192. The minimum atomic E-state index is -0.446. The fourth-order valence-electron chi connectivity index (χ4n) is 3.08. The summed E-state index contributed by atoms with van der Waals surface area (Å²) in [5.74, 6) is 0. The topological polar surface area (TPSA) is 6.48 Å². The van der Waals surface area contributed by atoms with Crippen LogP contribution in [-0.4, -0.2) is 23.4 Å². The first-order chi connectivity index (χ1) is 15.7. The number of hydrogen-bond acceptors (Lipinski definition) is 2. The second kappa shape index (κ2) is 17.1. The minimum absolute atomic E-state index is 0.446. The number of rotatable bonds is 6. The smallest absolute Gasteiger partial charge is 0.0134 e. The van der Waals surface area contributed by atoms with Crippen LogP contribution >= 0.6 is 47.0 Å². The van der Waals surface area contributed by atoms with E-state index in [0.29, 0.717) is 0 Å². The summed E-state index contributed by atoms with van der Waals surface area (Å²) in [5, 5.41) is 4.19. The van der Waals surface area contributed by atoms with Crippen LogP contribution in [0.1, 0.15) is 19.8 Å². The number of benzene rings is 3. The monoisotopic (exact) mass is 760 g/mol. The van der Waals surface area contributed by atoms with Gasteiger partial charge in [0.05, 0.1) is 0 Å². The minimum Gasteiger partial charge on any atom is -0.0622 e. The van der Waals surface area contributed by atoms with E-state index in [1.807, 2.05) is 18.1 Å². The molecule has 0 bridgehead atoms. The summed E-state index contributed by atoms with van der Waals surface area (Å²) >= 11 is 4.65. The third-order valence-corrected chi connectivity index (χ3v) is 7.00. The van der Waals surface area contributed by atoms with Crippen LogP contribution in [0, 0.1) is 6.67 Å². The second-order valence-corrected chi connectivity index (χ2v) is 21.1. The molecule has 0 amide bonds. The van der Waals surface area contributed by atoms with Crippen molar-refractivity contribution in [1.82, 2.24) is 9.80 Å². The zero-order valence-corrected chi connectivity index (χ0v) is 25.1. The normalized spacial score (nSPS) is 12.3. The first-order valence-electron chi connectivity index (χ1n) is 10.4. The maximum absolute atomic E-state index is 3.14. The molecule has 0 N–H and O–H groups in total. The van der Waals surface area contributed by atoms with E-state index in [2.05, 4.69) is 155 Å². The molecule has 0 atom stereocenters. The summed E-state index contributed by atoms with van der Waals surface area (Å²) in [6.07, 6.45) is 6.55. The third kappa shape index (κ3) is 10.2. The van der Waals surface area contributed by atoms with Crippen LogP contribution < -0.4 is 15.9 Å². The molecule has 2 radical (unpaired) electrons. The van der Waals surface area contributed by atoms with Gasteiger partial charge < -0.3 is 9.80 Å². The Balaban J connectivity index is 0.000000235. The quantitative estimate of drug-likeness (QED) is 0.157. The Hall–Kier alpha value is -0.448. The van der Waals surface area contributed by atoms with Gasteiger partial charge in [0.25, 0.3) is 0 Å². The van der Waals surface area contributed by atoms with Gasteiger partial charge in [-0.25, -0.2) is 0 Å². The van der Waals surface area contributed by atoms with E-state index in [1.165, 1.54) is 28.8 Å². The molecule has 2 nitrogen and oxygen atoms in total. The van der Waals surface area contributed by atoms with Gasteiger partial charge in [0.1, 0.15) is 0 Å². The Labute approximate surface area is 224 Å². The molecular weight excluding hydrogens is 732 g/mol. The van der Waals surface area contributed by atoms with Crippen molar-refractivity contribution < 1.29 is 10.8 Å². The van der Waals surface area contributed by atoms with Gasteiger partial charge in [0.15, 0.2) is 0 Å². The molecule has 0 saturated heterocycles. The van der Waals surface area contributed by atoms with Crippen molar-refractivity contribution in [2.75, 3.05) is 13.6 Å². The standard InChI is InChI=1S/C18H15P.C8H14N2.2HI.Pd/c1-4-10-16(11-5-1)19(17-12-6-2-7-13-17)18-14-8-3-9-15-18;1-3-4-5-10-7-6-9(2)8-10;;;/h1-15H;6-7H,3-5H2,1-2H3;2*1H;/q;;;;+2/p-2. The summed E-state index contributed by atoms with van der Waals surface area (Å²) in [5.41, 5.74) is 0. The molecule has 1 aliphatic heterocycles. The van der Waals surface area contributed by atoms with Crippen molar-refractivity contribution >= 4 is 62.9 Å². The fourth-order valence-corrected chi connectivity index (χ4v) is 5.39. The van der Waals surface area contributed by atoms with Crippen LogP contribution in [0.4, 0.5) is 0 Å². The molecule has 4 rings (SSSR count). The van der Waals surface area contributed by atoms with Crippen LogP contribution in [0.25, 0.3) is 0 Å². The van der Waals surface area contributed by atoms with E-state index < -0.39 is 7.92 Å². The average molecular weight is 761 g/mol. The SMILES string of the molecule is CCCCN1[C]N(C)C=C1.[I][Pd][I].c1ccc(P(c2ccccc2)c2ccccc2)cc1. The molecule has 0 aromatic heterocycles. The molecule has 0 saturated carbocycles. The molecule has 0 spiro atoms. The van der Waals surface area contributed by atoms with Gasteiger partial charge >= 0.3 is 49.8 Å². The van der Waals surface area contributed by atoms with Crippen LogP contribution in [-0.2, 0) is 10.8 Å². The molecule has 32 heavy (non-hydrogen) atoms. The van der Waals surface area contributed by atoms with E-state index in [1.54, 1.807) is 0 Å². The van der Waals surface area contributed by atoms with Gasteiger partial charge in [-0.2, -0.15) is 0 Å². The van der Waals surface area contributed by atoms with Gasteiger partial charge in [0.2, 0.25) is 6.67 Å². The molecule has 3 aromatic rings. The maximum Gasteiger partial charge on any atom is -0.0134 e. The van der Waals surface area contributed by atoms with Crippen LogP contribution in [0.15, 0.2) is 103 Å². The van der Waals surface area contributed by atoms with Gasteiger partial charge in [-0.3, -0.25) is 0 Å². The molecule has 172 valence electrons. The predicted octanol–water partition coefficient (Wildman–Crippen LogP) is 6.72. The summed E-state index contributed by atoms with van der Waals surface area (Å²) in [4.78, 5) is 4.03. The summed E-state index contributed by atoms with van der Waals surface area (Å²) < 4.78 is 0. The van der Waals surface area contributed by atoms with E-state index in [-0.39, 0.29) is 0 Å². The van der Waals surface area contributed by atoms with E-state index in [0.717, 1.165) is 17.3 Å². The zero-order chi connectivity index (χ0) is 23.0. The molecule has 3 aromatic carbocycles. The van der Waals surface area contributed by atoms with Crippen LogP contribution in [0.5, 0.6) is 0 Å². The Kier molecular flexibility index (Phi) is 14.8.